The van der Waals surface area contributed by atoms with E-state index in [1.165, 1.54) is 31.8 Å². The molecule has 2 rings (SSSR count). The number of nitrogens with zero attached hydrogens (tertiary/aromatic N) is 3. The number of halogens is 1. The fraction of sp³-hybridized carbons (Fsp3) is 0.154. The van der Waals surface area contributed by atoms with Crippen molar-refractivity contribution in [1.82, 2.24) is 9.97 Å². The van der Waals surface area contributed by atoms with Crippen LogP contribution in [0, 0.1) is 17.1 Å². The van der Waals surface area contributed by atoms with Gasteiger partial charge in [-0.1, -0.05) is 0 Å². The minimum atomic E-state index is -1.13. The van der Waals surface area contributed by atoms with Gasteiger partial charge in [-0.2, -0.15) is 5.26 Å². The second-order valence-corrected chi connectivity index (χ2v) is 3.72. The molecule has 0 saturated heterocycles. The Morgan fingerprint density at radius 3 is 2.79 bits per heavy atom. The predicted molar refractivity (Wildman–Crippen MR) is 63.8 cm³/mol. The molecule has 1 atom stereocenters. The van der Waals surface area contributed by atoms with Crippen LogP contribution in [0.25, 0.3) is 0 Å². The minimum absolute atomic E-state index is 0.0699. The van der Waals surface area contributed by atoms with Gasteiger partial charge in [-0.25, -0.2) is 4.39 Å². The summed E-state index contributed by atoms with van der Waals surface area (Å²) < 4.78 is 18.7. The maximum Gasteiger partial charge on any atom is 0.145 e. The highest BCUT2D eigenvalue weighted by Gasteiger charge is 2.18. The number of ether oxygens (including phenoxy) is 1. The van der Waals surface area contributed by atoms with E-state index in [2.05, 4.69) is 9.97 Å². The summed E-state index contributed by atoms with van der Waals surface area (Å²) in [6, 6.07) is 4.20. The first-order valence-corrected chi connectivity index (χ1v) is 5.39. The molecule has 19 heavy (non-hydrogen) atoms. The number of benzene rings is 1. The van der Waals surface area contributed by atoms with Crippen LogP contribution in [0.15, 0.2) is 30.7 Å². The molecule has 1 heterocycles. The third kappa shape index (κ3) is 2.51. The molecule has 1 unspecified atom stereocenters. The quantitative estimate of drug-likeness (QED) is 0.905. The molecule has 1 aromatic heterocycles. The molecule has 0 fully saturated rings. The topological polar surface area (TPSA) is 79.0 Å². The molecule has 0 bridgehead atoms. The summed E-state index contributed by atoms with van der Waals surface area (Å²) in [7, 11) is 1.33. The van der Waals surface area contributed by atoms with Crippen molar-refractivity contribution in [3.8, 4) is 11.8 Å². The van der Waals surface area contributed by atoms with Crippen molar-refractivity contribution in [1.29, 1.82) is 5.26 Å². The highest BCUT2D eigenvalue weighted by molar-refractivity contribution is 5.47. The number of nitriles is 1. The smallest absolute Gasteiger partial charge is 0.145 e. The number of methoxy groups -OCH3 is 1. The second kappa shape index (κ2) is 5.42. The molecule has 0 amide bonds. The van der Waals surface area contributed by atoms with E-state index >= 15 is 0 Å². The summed E-state index contributed by atoms with van der Waals surface area (Å²) in [5.41, 5.74) is 0.333. The molecule has 5 nitrogen and oxygen atoms in total. The van der Waals surface area contributed by atoms with Crippen molar-refractivity contribution in [2.45, 2.75) is 6.10 Å². The van der Waals surface area contributed by atoms with Crippen LogP contribution < -0.4 is 4.74 Å². The van der Waals surface area contributed by atoms with Crippen molar-refractivity contribution >= 4 is 0 Å². The molecular formula is C13H10FN3O2. The average Bonchev–Trinajstić information content (AvgIpc) is 2.46. The van der Waals surface area contributed by atoms with Crippen LogP contribution in [0.4, 0.5) is 4.39 Å². The summed E-state index contributed by atoms with van der Waals surface area (Å²) in [6.07, 6.45) is 3.14. The number of aliphatic hydroxyl groups is 1. The zero-order chi connectivity index (χ0) is 13.8. The first kappa shape index (κ1) is 12.9. The largest absolute Gasteiger partial charge is 0.495 e. The molecule has 1 N–H and O–H groups in total. The van der Waals surface area contributed by atoms with Gasteiger partial charge in [-0.15, -0.1) is 0 Å². The van der Waals surface area contributed by atoms with Gasteiger partial charge in [0, 0.05) is 12.4 Å². The Balaban J connectivity index is 2.47. The first-order chi connectivity index (χ1) is 9.17. The molecular weight excluding hydrogens is 249 g/mol. The number of hydrogen-bond donors (Lipinski definition) is 1. The van der Waals surface area contributed by atoms with Crippen molar-refractivity contribution < 1.29 is 14.2 Å². The monoisotopic (exact) mass is 259 g/mol. The van der Waals surface area contributed by atoms with E-state index in [9.17, 15) is 9.50 Å². The van der Waals surface area contributed by atoms with Gasteiger partial charge in [0.15, 0.2) is 0 Å². The van der Waals surface area contributed by atoms with Crippen molar-refractivity contribution in [3.05, 3.63) is 53.4 Å². The van der Waals surface area contributed by atoms with Crippen molar-refractivity contribution in [2.75, 3.05) is 7.11 Å². The van der Waals surface area contributed by atoms with E-state index in [1.54, 1.807) is 6.07 Å². The van der Waals surface area contributed by atoms with Gasteiger partial charge in [0.05, 0.1) is 19.0 Å². The fourth-order valence-electron chi connectivity index (χ4n) is 1.65. The maximum absolute atomic E-state index is 13.7. The Morgan fingerprint density at radius 2 is 2.21 bits per heavy atom. The van der Waals surface area contributed by atoms with Crippen LogP contribution in [0.2, 0.25) is 0 Å². The van der Waals surface area contributed by atoms with E-state index in [0.717, 1.165) is 6.07 Å². The lowest BCUT2D eigenvalue weighted by Crippen LogP contribution is -2.05. The molecule has 0 saturated carbocycles. The SMILES string of the molecule is COc1cc(C(O)c2cnccn2)cc(F)c1C#N. The van der Waals surface area contributed by atoms with E-state index in [1.807, 2.05) is 0 Å². The molecule has 0 aliphatic heterocycles. The van der Waals surface area contributed by atoms with Gasteiger partial charge in [-0.05, 0) is 17.7 Å². The van der Waals surface area contributed by atoms with Gasteiger partial charge >= 0.3 is 0 Å². The molecule has 2 aromatic rings. The van der Waals surface area contributed by atoms with Crippen LogP contribution in [0.5, 0.6) is 5.75 Å². The van der Waals surface area contributed by atoms with E-state index < -0.39 is 11.9 Å². The van der Waals surface area contributed by atoms with Gasteiger partial charge < -0.3 is 9.84 Å². The van der Waals surface area contributed by atoms with Crippen LogP contribution in [0.1, 0.15) is 22.9 Å². The molecule has 6 heteroatoms. The minimum Gasteiger partial charge on any atom is -0.495 e. The molecule has 1 aromatic carbocycles. The van der Waals surface area contributed by atoms with Gasteiger partial charge in [0.25, 0.3) is 0 Å². The predicted octanol–water partition coefficient (Wildman–Crippen LogP) is 1.58. The Bertz CT molecular complexity index is 626. The van der Waals surface area contributed by atoms with Gasteiger partial charge in [0.1, 0.15) is 29.3 Å². The normalized spacial score (nSPS) is 11.7. The Hall–Kier alpha value is -2.52. The number of hydrogen-bond acceptors (Lipinski definition) is 5. The average molecular weight is 259 g/mol. The second-order valence-electron chi connectivity index (χ2n) is 3.72. The summed E-state index contributed by atoms with van der Waals surface area (Å²) in [4.78, 5) is 7.77. The van der Waals surface area contributed by atoms with Crippen LogP contribution >= 0.6 is 0 Å². The van der Waals surface area contributed by atoms with E-state index in [-0.39, 0.29) is 22.6 Å². The molecule has 0 aliphatic carbocycles. The summed E-state index contributed by atoms with van der Waals surface area (Å²) in [5.74, 6) is -0.680. The highest BCUT2D eigenvalue weighted by Crippen LogP contribution is 2.28. The van der Waals surface area contributed by atoms with E-state index in [4.69, 9.17) is 10.00 Å². The number of aromatic nitrogens is 2. The first-order valence-electron chi connectivity index (χ1n) is 5.39. The third-order valence-electron chi connectivity index (χ3n) is 2.59. The van der Waals surface area contributed by atoms with Crippen LogP contribution in [-0.2, 0) is 0 Å². The number of aliphatic hydroxyl groups excluding tert-OH is 1. The number of rotatable bonds is 3. The molecule has 0 spiro atoms. The molecule has 0 radical (unpaired) electrons. The zero-order valence-electron chi connectivity index (χ0n) is 10.0. The maximum atomic E-state index is 13.7. The van der Waals surface area contributed by atoms with Crippen LogP contribution in [0.3, 0.4) is 0 Å². The standard InChI is InChI=1S/C13H10FN3O2/c1-19-12-5-8(4-10(14)9(12)6-15)13(18)11-7-16-2-3-17-11/h2-5,7,13,18H,1H3. The van der Waals surface area contributed by atoms with Gasteiger partial charge in [0.2, 0.25) is 0 Å². The van der Waals surface area contributed by atoms with Crippen LogP contribution in [-0.4, -0.2) is 22.2 Å². The van der Waals surface area contributed by atoms with Gasteiger partial charge in [-0.3, -0.25) is 9.97 Å². The Labute approximate surface area is 108 Å². The summed E-state index contributed by atoms with van der Waals surface area (Å²) in [5, 5.41) is 18.9. The van der Waals surface area contributed by atoms with E-state index in [0.29, 0.717) is 0 Å². The summed E-state index contributed by atoms with van der Waals surface area (Å²) in [6.45, 7) is 0. The van der Waals surface area contributed by atoms with Crippen molar-refractivity contribution in [2.24, 2.45) is 0 Å². The lowest BCUT2D eigenvalue weighted by Gasteiger charge is -2.12. The molecule has 96 valence electrons. The molecule has 0 aliphatic rings. The zero-order valence-corrected chi connectivity index (χ0v) is 10.0. The Kier molecular flexibility index (Phi) is 3.68. The lowest BCUT2D eigenvalue weighted by atomic mass is 10.0. The van der Waals surface area contributed by atoms with Crippen molar-refractivity contribution in [3.63, 3.8) is 0 Å². The third-order valence-corrected chi connectivity index (χ3v) is 2.59. The highest BCUT2D eigenvalue weighted by atomic mass is 19.1. The fourth-order valence-corrected chi connectivity index (χ4v) is 1.65. The lowest BCUT2D eigenvalue weighted by molar-refractivity contribution is 0.213. The summed E-state index contributed by atoms with van der Waals surface area (Å²) >= 11 is 0. The Morgan fingerprint density at radius 1 is 1.42 bits per heavy atom.